The Morgan fingerprint density at radius 3 is 2.33 bits per heavy atom. The highest BCUT2D eigenvalue weighted by molar-refractivity contribution is 9.11. The summed E-state index contributed by atoms with van der Waals surface area (Å²) in [5.41, 5.74) is 1.29. The van der Waals surface area contributed by atoms with Crippen LogP contribution in [-0.4, -0.2) is 6.54 Å². The molecule has 4 heteroatoms. The minimum Gasteiger partial charge on any atom is -0.456 e. The molecule has 1 unspecified atom stereocenters. The molecule has 0 saturated carbocycles. The van der Waals surface area contributed by atoms with Gasteiger partial charge in [-0.3, -0.25) is 0 Å². The molecule has 2 rings (SSSR count). The van der Waals surface area contributed by atoms with Gasteiger partial charge < -0.3 is 10.1 Å². The molecule has 0 aromatic heterocycles. The van der Waals surface area contributed by atoms with Gasteiger partial charge in [0.05, 0.1) is 4.47 Å². The molecule has 0 aliphatic heterocycles. The van der Waals surface area contributed by atoms with Gasteiger partial charge in [0.1, 0.15) is 11.5 Å². The van der Waals surface area contributed by atoms with E-state index >= 15 is 0 Å². The Morgan fingerprint density at radius 2 is 1.76 bits per heavy atom. The number of halogens is 2. The van der Waals surface area contributed by atoms with Gasteiger partial charge in [-0.2, -0.15) is 0 Å². The largest absolute Gasteiger partial charge is 0.456 e. The molecule has 0 aliphatic carbocycles. The molecule has 0 saturated heterocycles. The van der Waals surface area contributed by atoms with E-state index in [1.165, 1.54) is 5.56 Å². The number of hydrogen-bond acceptors (Lipinski definition) is 2. The topological polar surface area (TPSA) is 21.3 Å². The van der Waals surface area contributed by atoms with Crippen molar-refractivity contribution in [2.75, 3.05) is 6.54 Å². The summed E-state index contributed by atoms with van der Waals surface area (Å²) < 4.78 is 7.86. The summed E-state index contributed by atoms with van der Waals surface area (Å²) in [6.45, 7) is 5.30. The van der Waals surface area contributed by atoms with Gasteiger partial charge in [0.15, 0.2) is 0 Å². The van der Waals surface area contributed by atoms with Crippen LogP contribution in [0.2, 0.25) is 0 Å². The van der Waals surface area contributed by atoms with Gasteiger partial charge >= 0.3 is 0 Å². The van der Waals surface area contributed by atoms with Gasteiger partial charge in [-0.1, -0.05) is 41.9 Å². The third-order valence-electron chi connectivity index (χ3n) is 3.26. The van der Waals surface area contributed by atoms with Crippen LogP contribution in [-0.2, 0) is 0 Å². The highest BCUT2D eigenvalue weighted by Crippen LogP contribution is 2.32. The van der Waals surface area contributed by atoms with Gasteiger partial charge in [-0.05, 0) is 64.8 Å². The molecule has 0 spiro atoms. The molecule has 1 N–H and O–H groups in total. The van der Waals surface area contributed by atoms with E-state index in [0.29, 0.717) is 6.04 Å². The minimum absolute atomic E-state index is 0.406. The summed E-state index contributed by atoms with van der Waals surface area (Å²) in [5.74, 6) is 1.65. The van der Waals surface area contributed by atoms with Crippen LogP contribution in [0.4, 0.5) is 0 Å². The average Bonchev–Trinajstić information content (AvgIpc) is 2.48. The highest BCUT2D eigenvalue weighted by atomic mass is 79.9. The van der Waals surface area contributed by atoms with Gasteiger partial charge in [-0.25, -0.2) is 0 Å². The van der Waals surface area contributed by atoms with Crippen molar-refractivity contribution in [2.45, 2.75) is 26.3 Å². The lowest BCUT2D eigenvalue weighted by atomic mass is 10.0. The first-order valence-corrected chi connectivity index (χ1v) is 8.68. The van der Waals surface area contributed by atoms with Crippen molar-refractivity contribution in [3.8, 4) is 11.5 Å². The number of benzene rings is 2. The normalized spacial score (nSPS) is 12.2. The quantitative estimate of drug-likeness (QED) is 0.622. The monoisotopic (exact) mass is 411 g/mol. The third-order valence-corrected chi connectivity index (χ3v) is 4.38. The third kappa shape index (κ3) is 4.56. The first-order valence-electron chi connectivity index (χ1n) is 7.10. The molecule has 0 bridgehead atoms. The molecule has 21 heavy (non-hydrogen) atoms. The van der Waals surface area contributed by atoms with Crippen LogP contribution < -0.4 is 10.1 Å². The van der Waals surface area contributed by atoms with Gasteiger partial charge in [0, 0.05) is 10.5 Å². The van der Waals surface area contributed by atoms with Crippen LogP contribution in [0.25, 0.3) is 0 Å². The van der Waals surface area contributed by atoms with E-state index in [9.17, 15) is 0 Å². The second kappa shape index (κ2) is 7.97. The maximum Gasteiger partial charge on any atom is 0.141 e. The molecule has 0 amide bonds. The average molecular weight is 413 g/mol. The van der Waals surface area contributed by atoms with Crippen molar-refractivity contribution in [1.29, 1.82) is 0 Å². The second-order valence-corrected chi connectivity index (χ2v) is 6.53. The predicted octanol–water partition coefficient (Wildman–Crippen LogP) is 6.06. The minimum atomic E-state index is 0.406. The van der Waals surface area contributed by atoms with Gasteiger partial charge in [0.25, 0.3) is 0 Å². The van der Waals surface area contributed by atoms with E-state index in [1.807, 2.05) is 30.3 Å². The molecule has 1 atom stereocenters. The van der Waals surface area contributed by atoms with E-state index in [2.05, 4.69) is 63.2 Å². The Kier molecular flexibility index (Phi) is 6.27. The predicted molar refractivity (Wildman–Crippen MR) is 95.1 cm³/mol. The molecular weight excluding hydrogens is 394 g/mol. The molecule has 0 fully saturated rings. The first-order chi connectivity index (χ1) is 10.1. The van der Waals surface area contributed by atoms with E-state index in [-0.39, 0.29) is 0 Å². The Balaban J connectivity index is 2.11. The fraction of sp³-hybridized carbons (Fsp3) is 0.294. The lowest BCUT2D eigenvalue weighted by molar-refractivity contribution is 0.478. The van der Waals surface area contributed by atoms with E-state index in [1.54, 1.807) is 0 Å². The zero-order valence-electron chi connectivity index (χ0n) is 12.2. The van der Waals surface area contributed by atoms with Crippen molar-refractivity contribution in [1.82, 2.24) is 5.32 Å². The maximum absolute atomic E-state index is 5.90. The summed E-state index contributed by atoms with van der Waals surface area (Å²) in [6, 6.07) is 14.6. The van der Waals surface area contributed by atoms with Gasteiger partial charge in [0.2, 0.25) is 0 Å². The summed E-state index contributed by atoms with van der Waals surface area (Å²) in [7, 11) is 0. The van der Waals surface area contributed by atoms with Crippen molar-refractivity contribution in [3.63, 3.8) is 0 Å². The Hall–Kier alpha value is -0.840. The lowest BCUT2D eigenvalue weighted by Crippen LogP contribution is -2.19. The number of ether oxygens (including phenoxy) is 1. The first kappa shape index (κ1) is 16.5. The van der Waals surface area contributed by atoms with E-state index in [4.69, 9.17) is 4.74 Å². The van der Waals surface area contributed by atoms with Crippen molar-refractivity contribution in [3.05, 3.63) is 57.0 Å². The highest BCUT2D eigenvalue weighted by Gasteiger charge is 2.08. The number of rotatable bonds is 6. The van der Waals surface area contributed by atoms with Crippen LogP contribution in [0.15, 0.2) is 51.4 Å². The van der Waals surface area contributed by atoms with Crippen LogP contribution in [0.3, 0.4) is 0 Å². The fourth-order valence-electron chi connectivity index (χ4n) is 2.20. The van der Waals surface area contributed by atoms with Crippen LogP contribution in [0.1, 0.15) is 31.9 Å². The van der Waals surface area contributed by atoms with Gasteiger partial charge in [-0.15, -0.1) is 0 Å². The summed E-state index contributed by atoms with van der Waals surface area (Å²) in [5, 5.41) is 3.48. The molecule has 0 aliphatic rings. The smallest absolute Gasteiger partial charge is 0.141 e. The molecule has 2 aromatic rings. The Bertz CT molecular complexity index is 584. The van der Waals surface area contributed by atoms with Crippen LogP contribution in [0.5, 0.6) is 11.5 Å². The number of hydrogen-bond donors (Lipinski definition) is 1. The standard InChI is InChI=1S/C17H19Br2NO/c1-3-16(20-4-2)12-5-8-14(9-6-12)21-17-10-7-13(18)11-15(17)19/h5-11,16,20H,3-4H2,1-2H3. The molecule has 0 radical (unpaired) electrons. The Labute approximate surface area is 143 Å². The van der Waals surface area contributed by atoms with Crippen molar-refractivity contribution in [2.24, 2.45) is 0 Å². The maximum atomic E-state index is 5.90. The summed E-state index contributed by atoms with van der Waals surface area (Å²) in [6.07, 6.45) is 1.08. The molecular formula is C17H19Br2NO. The zero-order chi connectivity index (χ0) is 15.2. The van der Waals surface area contributed by atoms with E-state index < -0.39 is 0 Å². The van der Waals surface area contributed by atoms with Crippen LogP contribution in [0, 0.1) is 0 Å². The summed E-state index contributed by atoms with van der Waals surface area (Å²) >= 11 is 6.95. The van der Waals surface area contributed by atoms with Crippen molar-refractivity contribution >= 4 is 31.9 Å². The molecule has 2 nitrogen and oxygen atoms in total. The molecule has 0 heterocycles. The van der Waals surface area contributed by atoms with Crippen LogP contribution >= 0.6 is 31.9 Å². The summed E-state index contributed by atoms with van der Waals surface area (Å²) in [4.78, 5) is 0. The van der Waals surface area contributed by atoms with Crippen molar-refractivity contribution < 1.29 is 4.74 Å². The lowest BCUT2D eigenvalue weighted by Gasteiger charge is -2.16. The zero-order valence-corrected chi connectivity index (χ0v) is 15.4. The fourth-order valence-corrected chi connectivity index (χ4v) is 3.33. The Morgan fingerprint density at radius 1 is 1.05 bits per heavy atom. The molecule has 2 aromatic carbocycles. The second-order valence-electron chi connectivity index (χ2n) is 4.76. The number of nitrogens with one attached hydrogen (secondary N) is 1. The van der Waals surface area contributed by atoms with E-state index in [0.717, 1.165) is 33.4 Å². The SMILES string of the molecule is CCNC(CC)c1ccc(Oc2ccc(Br)cc2Br)cc1. The molecule has 112 valence electrons.